The molecule has 0 saturated heterocycles. The van der Waals surface area contributed by atoms with Crippen LogP contribution < -0.4 is 5.32 Å². The Kier molecular flexibility index (Phi) is 4.08. The fourth-order valence-corrected chi connectivity index (χ4v) is 3.64. The van der Waals surface area contributed by atoms with E-state index < -0.39 is 0 Å². The number of nitrogens with one attached hydrogen (secondary N) is 1. The summed E-state index contributed by atoms with van der Waals surface area (Å²) in [5, 5.41) is 5.41. The average Bonchev–Trinajstić information content (AvgIpc) is 3.06. The van der Waals surface area contributed by atoms with Crippen molar-refractivity contribution in [3.63, 3.8) is 0 Å². The van der Waals surface area contributed by atoms with Crippen molar-refractivity contribution >= 4 is 17.2 Å². The summed E-state index contributed by atoms with van der Waals surface area (Å²) < 4.78 is 0. The van der Waals surface area contributed by atoms with Gasteiger partial charge in [0.15, 0.2) is 0 Å². The number of nitrogens with zero attached hydrogens (tertiary/aromatic N) is 1. The van der Waals surface area contributed by atoms with Gasteiger partial charge in [0.25, 0.3) is 5.91 Å². The minimum atomic E-state index is 0.107. The SMILES string of the molecule is CC(c1cccs1)N(C)C(=O)c1cccc2c1CCNC2. The zero-order valence-corrected chi connectivity index (χ0v) is 13.2. The van der Waals surface area contributed by atoms with E-state index in [4.69, 9.17) is 0 Å². The summed E-state index contributed by atoms with van der Waals surface area (Å²) in [7, 11) is 1.90. The van der Waals surface area contributed by atoms with Crippen molar-refractivity contribution in [3.8, 4) is 0 Å². The lowest BCUT2D eigenvalue weighted by Gasteiger charge is -2.27. The highest BCUT2D eigenvalue weighted by Gasteiger charge is 2.23. The Morgan fingerprint density at radius 1 is 1.33 bits per heavy atom. The molecule has 110 valence electrons. The second-order valence-electron chi connectivity index (χ2n) is 5.48. The number of thiophene rings is 1. The van der Waals surface area contributed by atoms with E-state index in [2.05, 4.69) is 29.8 Å². The zero-order chi connectivity index (χ0) is 14.8. The Morgan fingerprint density at radius 3 is 2.95 bits per heavy atom. The van der Waals surface area contributed by atoms with Crippen LogP contribution in [0.4, 0.5) is 0 Å². The molecule has 0 spiro atoms. The van der Waals surface area contributed by atoms with Crippen molar-refractivity contribution in [1.29, 1.82) is 0 Å². The number of benzene rings is 1. The summed E-state index contributed by atoms with van der Waals surface area (Å²) in [5.74, 6) is 0.120. The summed E-state index contributed by atoms with van der Waals surface area (Å²) >= 11 is 1.70. The number of carbonyl (C=O) groups is 1. The Morgan fingerprint density at radius 2 is 2.19 bits per heavy atom. The lowest BCUT2D eigenvalue weighted by molar-refractivity contribution is 0.0743. The molecule has 4 heteroatoms. The van der Waals surface area contributed by atoms with E-state index in [-0.39, 0.29) is 11.9 Å². The van der Waals surface area contributed by atoms with Crippen molar-refractivity contribution in [3.05, 3.63) is 57.3 Å². The summed E-state index contributed by atoms with van der Waals surface area (Å²) in [4.78, 5) is 15.9. The lowest BCUT2D eigenvalue weighted by Crippen LogP contribution is -2.32. The molecule has 1 aliphatic rings. The van der Waals surface area contributed by atoms with Crippen LogP contribution in [0.1, 0.15) is 39.3 Å². The quantitative estimate of drug-likeness (QED) is 0.944. The molecule has 3 nitrogen and oxygen atoms in total. The van der Waals surface area contributed by atoms with Crippen LogP contribution in [0.25, 0.3) is 0 Å². The highest BCUT2D eigenvalue weighted by atomic mass is 32.1. The number of carbonyl (C=O) groups excluding carboxylic acids is 1. The van der Waals surface area contributed by atoms with Crippen molar-refractivity contribution in [2.75, 3.05) is 13.6 Å². The normalized spacial score (nSPS) is 15.3. The molecule has 2 aromatic rings. The second kappa shape index (κ2) is 6.00. The van der Waals surface area contributed by atoms with Crippen LogP contribution in [-0.2, 0) is 13.0 Å². The van der Waals surface area contributed by atoms with Crippen LogP contribution in [-0.4, -0.2) is 24.4 Å². The van der Waals surface area contributed by atoms with E-state index in [1.54, 1.807) is 11.3 Å². The predicted molar refractivity (Wildman–Crippen MR) is 86.7 cm³/mol. The van der Waals surface area contributed by atoms with E-state index in [0.29, 0.717) is 0 Å². The molecule has 21 heavy (non-hydrogen) atoms. The molecule has 0 bridgehead atoms. The first kappa shape index (κ1) is 14.3. The number of fused-ring (bicyclic) bond motifs is 1. The van der Waals surface area contributed by atoms with Crippen LogP contribution in [0.3, 0.4) is 0 Å². The fraction of sp³-hybridized carbons (Fsp3) is 0.353. The van der Waals surface area contributed by atoms with E-state index in [0.717, 1.165) is 25.1 Å². The molecule has 0 aliphatic carbocycles. The van der Waals surface area contributed by atoms with E-state index in [1.165, 1.54) is 16.0 Å². The molecule has 3 rings (SSSR count). The standard InChI is InChI=1S/C17H20N2OS/c1-12(16-7-4-10-21-16)19(2)17(20)15-6-3-5-13-11-18-9-8-14(13)15/h3-7,10,12,18H,8-9,11H2,1-2H3. The first-order chi connectivity index (χ1) is 10.2. The van der Waals surface area contributed by atoms with Gasteiger partial charge in [-0.15, -0.1) is 11.3 Å². The monoisotopic (exact) mass is 300 g/mol. The van der Waals surface area contributed by atoms with Crippen molar-refractivity contribution in [2.45, 2.75) is 25.9 Å². The number of hydrogen-bond donors (Lipinski definition) is 1. The van der Waals surface area contributed by atoms with Crippen molar-refractivity contribution in [1.82, 2.24) is 10.2 Å². The molecule has 1 aromatic heterocycles. The molecule has 0 fully saturated rings. The molecule has 1 amide bonds. The first-order valence-corrected chi connectivity index (χ1v) is 8.18. The minimum absolute atomic E-state index is 0.107. The van der Waals surface area contributed by atoms with Gasteiger partial charge in [-0.2, -0.15) is 0 Å². The van der Waals surface area contributed by atoms with Gasteiger partial charge in [-0.05, 0) is 48.5 Å². The van der Waals surface area contributed by atoms with E-state index >= 15 is 0 Å². The van der Waals surface area contributed by atoms with Gasteiger partial charge in [0.2, 0.25) is 0 Å². The van der Waals surface area contributed by atoms with Gasteiger partial charge in [-0.3, -0.25) is 4.79 Å². The van der Waals surface area contributed by atoms with Gasteiger partial charge < -0.3 is 10.2 Å². The van der Waals surface area contributed by atoms with Crippen LogP contribution in [0.15, 0.2) is 35.7 Å². The second-order valence-corrected chi connectivity index (χ2v) is 6.46. The van der Waals surface area contributed by atoms with Gasteiger partial charge in [-0.25, -0.2) is 0 Å². The molecular weight excluding hydrogens is 280 g/mol. The van der Waals surface area contributed by atoms with Crippen LogP contribution in [0.5, 0.6) is 0 Å². The summed E-state index contributed by atoms with van der Waals surface area (Å²) in [6.45, 7) is 3.89. The third kappa shape index (κ3) is 2.74. The maximum absolute atomic E-state index is 12.9. The van der Waals surface area contributed by atoms with Crippen molar-refractivity contribution < 1.29 is 4.79 Å². The highest BCUT2D eigenvalue weighted by Crippen LogP contribution is 2.27. The summed E-state index contributed by atoms with van der Waals surface area (Å²) in [5.41, 5.74) is 3.33. The minimum Gasteiger partial charge on any atom is -0.334 e. The van der Waals surface area contributed by atoms with E-state index in [1.807, 2.05) is 30.1 Å². The molecule has 1 aromatic carbocycles. The topological polar surface area (TPSA) is 32.3 Å². The van der Waals surface area contributed by atoms with Gasteiger partial charge in [0.1, 0.15) is 0 Å². The maximum atomic E-state index is 12.9. The largest absolute Gasteiger partial charge is 0.334 e. The Hall–Kier alpha value is -1.65. The number of rotatable bonds is 3. The molecule has 1 atom stereocenters. The number of amides is 1. The molecule has 1 aliphatic heterocycles. The Balaban J connectivity index is 1.88. The first-order valence-electron chi connectivity index (χ1n) is 7.30. The third-order valence-electron chi connectivity index (χ3n) is 4.23. The van der Waals surface area contributed by atoms with Crippen molar-refractivity contribution in [2.24, 2.45) is 0 Å². The van der Waals surface area contributed by atoms with Gasteiger partial charge >= 0.3 is 0 Å². The summed E-state index contributed by atoms with van der Waals surface area (Å²) in [6, 6.07) is 10.3. The molecular formula is C17H20N2OS. The zero-order valence-electron chi connectivity index (χ0n) is 12.4. The van der Waals surface area contributed by atoms with Crippen LogP contribution in [0.2, 0.25) is 0 Å². The molecule has 1 unspecified atom stereocenters. The Labute approximate surface area is 129 Å². The molecule has 2 heterocycles. The lowest BCUT2D eigenvalue weighted by atomic mass is 9.94. The van der Waals surface area contributed by atoms with Crippen LogP contribution in [0, 0.1) is 0 Å². The molecule has 0 radical (unpaired) electrons. The van der Waals surface area contributed by atoms with E-state index in [9.17, 15) is 4.79 Å². The Bertz CT molecular complexity index is 636. The van der Waals surface area contributed by atoms with Gasteiger partial charge in [0, 0.05) is 24.0 Å². The summed E-state index contributed by atoms with van der Waals surface area (Å²) in [6.07, 6.45) is 0.929. The fourth-order valence-electron chi connectivity index (χ4n) is 2.82. The highest BCUT2D eigenvalue weighted by molar-refractivity contribution is 7.10. The number of hydrogen-bond acceptors (Lipinski definition) is 3. The van der Waals surface area contributed by atoms with Gasteiger partial charge in [0.05, 0.1) is 6.04 Å². The van der Waals surface area contributed by atoms with Gasteiger partial charge in [-0.1, -0.05) is 18.2 Å². The maximum Gasteiger partial charge on any atom is 0.254 e. The third-order valence-corrected chi connectivity index (χ3v) is 5.27. The van der Waals surface area contributed by atoms with Crippen LogP contribution >= 0.6 is 11.3 Å². The predicted octanol–water partition coefficient (Wildman–Crippen LogP) is 3.23. The average molecular weight is 300 g/mol. The molecule has 1 N–H and O–H groups in total. The molecule has 0 saturated carbocycles. The smallest absolute Gasteiger partial charge is 0.254 e.